The van der Waals surface area contributed by atoms with Gasteiger partial charge in [-0.3, -0.25) is 9.69 Å². The lowest BCUT2D eigenvalue weighted by atomic mass is 10.1. The van der Waals surface area contributed by atoms with Crippen molar-refractivity contribution < 1.29 is 13.7 Å². The highest BCUT2D eigenvalue weighted by Crippen LogP contribution is 2.28. The summed E-state index contributed by atoms with van der Waals surface area (Å²) in [7, 11) is 0. The Kier molecular flexibility index (Phi) is 4.70. The van der Waals surface area contributed by atoms with Gasteiger partial charge >= 0.3 is 0 Å². The number of aryl methyl sites for hydroxylation is 1. The molecule has 4 rings (SSSR count). The minimum Gasteiger partial charge on any atom is -0.463 e. The molecule has 1 saturated heterocycles. The van der Waals surface area contributed by atoms with Crippen LogP contribution in [-0.4, -0.2) is 58.6 Å². The van der Waals surface area contributed by atoms with E-state index in [2.05, 4.69) is 28.9 Å². The zero-order valence-electron chi connectivity index (χ0n) is 15.9. The topological polar surface area (TPSA) is 75.6 Å². The molecule has 1 aliphatic rings. The fraction of sp³-hybridized carbons (Fsp3) is 0.450. The van der Waals surface area contributed by atoms with E-state index in [1.807, 2.05) is 17.9 Å². The first-order chi connectivity index (χ1) is 13.0. The lowest BCUT2D eigenvalue weighted by Gasteiger charge is -2.35. The van der Waals surface area contributed by atoms with Gasteiger partial charge in [-0.15, -0.1) is 0 Å². The molecule has 0 saturated carbocycles. The number of piperazine rings is 1. The van der Waals surface area contributed by atoms with Crippen LogP contribution < -0.4 is 0 Å². The second-order valence-corrected chi connectivity index (χ2v) is 7.47. The molecule has 0 aliphatic carbocycles. The molecule has 0 aromatic carbocycles. The number of carbonyl (C=O) groups excluding carboxylic acids is 1. The zero-order chi connectivity index (χ0) is 19.0. The van der Waals surface area contributed by atoms with E-state index in [-0.39, 0.29) is 5.91 Å². The summed E-state index contributed by atoms with van der Waals surface area (Å²) in [6.07, 6.45) is 1.59. The van der Waals surface area contributed by atoms with Crippen molar-refractivity contribution in [2.45, 2.75) is 20.8 Å². The van der Waals surface area contributed by atoms with E-state index < -0.39 is 0 Å². The molecule has 1 fully saturated rings. The molecule has 7 heteroatoms. The van der Waals surface area contributed by atoms with E-state index in [4.69, 9.17) is 8.94 Å². The van der Waals surface area contributed by atoms with Crippen LogP contribution in [0.2, 0.25) is 0 Å². The number of hydrogen-bond donors (Lipinski definition) is 0. The number of furan rings is 1. The number of hydrogen-bond acceptors (Lipinski definition) is 6. The summed E-state index contributed by atoms with van der Waals surface area (Å²) in [4.78, 5) is 22.1. The van der Waals surface area contributed by atoms with Gasteiger partial charge in [-0.2, -0.15) is 0 Å². The first kappa shape index (κ1) is 17.7. The van der Waals surface area contributed by atoms with Crippen LogP contribution in [0.25, 0.3) is 22.6 Å². The standard InChI is InChI=1S/C20H24N4O3/c1-13(2)12-23-6-8-24(9-7-23)20(25)15-11-16(17-5-4-10-26-17)21-19-18(15)14(3)22-27-19/h4-5,10-11,13H,6-9,12H2,1-3H3. The minimum absolute atomic E-state index is 0.00861. The van der Waals surface area contributed by atoms with E-state index in [9.17, 15) is 4.79 Å². The lowest BCUT2D eigenvalue weighted by molar-refractivity contribution is 0.0625. The molecule has 27 heavy (non-hydrogen) atoms. The van der Waals surface area contributed by atoms with Crippen LogP contribution in [-0.2, 0) is 0 Å². The minimum atomic E-state index is -0.00861. The van der Waals surface area contributed by atoms with Gasteiger partial charge in [0, 0.05) is 32.7 Å². The maximum atomic E-state index is 13.3. The number of rotatable bonds is 4. The molecule has 7 nitrogen and oxygen atoms in total. The molecule has 142 valence electrons. The third kappa shape index (κ3) is 3.47. The van der Waals surface area contributed by atoms with Crippen LogP contribution >= 0.6 is 0 Å². The molecule has 0 atom stereocenters. The van der Waals surface area contributed by atoms with Crippen LogP contribution in [0.4, 0.5) is 0 Å². The first-order valence-corrected chi connectivity index (χ1v) is 9.35. The largest absolute Gasteiger partial charge is 0.463 e. The first-order valence-electron chi connectivity index (χ1n) is 9.35. The fourth-order valence-corrected chi connectivity index (χ4v) is 3.63. The van der Waals surface area contributed by atoms with Gasteiger partial charge in [0.05, 0.1) is 22.9 Å². The van der Waals surface area contributed by atoms with Gasteiger partial charge in [-0.1, -0.05) is 19.0 Å². The van der Waals surface area contributed by atoms with E-state index in [1.54, 1.807) is 18.4 Å². The summed E-state index contributed by atoms with van der Waals surface area (Å²) in [5, 5.41) is 4.68. The number of aromatic nitrogens is 2. The summed E-state index contributed by atoms with van der Waals surface area (Å²) in [5.41, 5.74) is 2.18. The number of amides is 1. The van der Waals surface area contributed by atoms with Crippen molar-refractivity contribution in [1.29, 1.82) is 0 Å². The fourth-order valence-electron chi connectivity index (χ4n) is 3.63. The lowest BCUT2D eigenvalue weighted by Crippen LogP contribution is -2.49. The number of pyridine rings is 1. The molecule has 1 amide bonds. The number of fused-ring (bicyclic) bond motifs is 1. The Morgan fingerprint density at radius 3 is 2.70 bits per heavy atom. The third-order valence-corrected chi connectivity index (χ3v) is 4.90. The van der Waals surface area contributed by atoms with Gasteiger partial charge in [-0.25, -0.2) is 4.98 Å². The van der Waals surface area contributed by atoms with Crippen LogP contribution in [0.5, 0.6) is 0 Å². The Bertz CT molecular complexity index is 938. The molecule has 4 heterocycles. The van der Waals surface area contributed by atoms with Crippen molar-refractivity contribution in [1.82, 2.24) is 19.9 Å². The monoisotopic (exact) mass is 368 g/mol. The van der Waals surface area contributed by atoms with Crippen molar-refractivity contribution in [2.24, 2.45) is 5.92 Å². The molecule has 0 N–H and O–H groups in total. The third-order valence-electron chi connectivity index (χ3n) is 4.90. The Morgan fingerprint density at radius 2 is 2.04 bits per heavy atom. The average Bonchev–Trinajstić information content (AvgIpc) is 3.31. The smallest absolute Gasteiger partial charge is 0.259 e. The van der Waals surface area contributed by atoms with Crippen molar-refractivity contribution in [2.75, 3.05) is 32.7 Å². The summed E-state index contributed by atoms with van der Waals surface area (Å²) >= 11 is 0. The van der Waals surface area contributed by atoms with E-state index in [0.29, 0.717) is 39.7 Å². The maximum Gasteiger partial charge on any atom is 0.259 e. The molecule has 0 unspecified atom stereocenters. The highest BCUT2D eigenvalue weighted by Gasteiger charge is 2.26. The van der Waals surface area contributed by atoms with Crippen molar-refractivity contribution in [3.63, 3.8) is 0 Å². The van der Waals surface area contributed by atoms with Gasteiger partial charge in [0.1, 0.15) is 5.69 Å². The van der Waals surface area contributed by atoms with Crippen molar-refractivity contribution in [3.8, 4) is 11.5 Å². The van der Waals surface area contributed by atoms with Gasteiger partial charge in [0.25, 0.3) is 11.6 Å². The van der Waals surface area contributed by atoms with Gasteiger partial charge in [0.2, 0.25) is 0 Å². The van der Waals surface area contributed by atoms with Crippen LogP contribution in [0.15, 0.2) is 33.4 Å². The number of nitrogens with zero attached hydrogens (tertiary/aromatic N) is 4. The Hall–Kier alpha value is -2.67. The Labute approximate surface area is 157 Å². The van der Waals surface area contributed by atoms with Gasteiger partial charge < -0.3 is 13.8 Å². The highest BCUT2D eigenvalue weighted by atomic mass is 16.5. The molecule has 1 aliphatic heterocycles. The summed E-state index contributed by atoms with van der Waals surface area (Å²) in [6, 6.07) is 5.40. The van der Waals surface area contributed by atoms with Crippen molar-refractivity contribution >= 4 is 17.0 Å². The van der Waals surface area contributed by atoms with Crippen LogP contribution in [0.3, 0.4) is 0 Å². The van der Waals surface area contributed by atoms with E-state index >= 15 is 0 Å². The van der Waals surface area contributed by atoms with Gasteiger partial charge in [-0.05, 0) is 31.0 Å². The van der Waals surface area contributed by atoms with Crippen LogP contribution in [0.1, 0.15) is 29.9 Å². The molecule has 3 aromatic rings. The maximum absolute atomic E-state index is 13.3. The molecule has 0 bridgehead atoms. The van der Waals surface area contributed by atoms with E-state index in [0.717, 1.165) is 32.7 Å². The zero-order valence-corrected chi connectivity index (χ0v) is 15.9. The molecule has 3 aromatic heterocycles. The van der Waals surface area contributed by atoms with E-state index in [1.165, 1.54) is 0 Å². The molecule has 0 radical (unpaired) electrons. The van der Waals surface area contributed by atoms with Gasteiger partial charge in [0.15, 0.2) is 5.76 Å². The molecular formula is C20H24N4O3. The highest BCUT2D eigenvalue weighted by molar-refractivity contribution is 6.06. The SMILES string of the molecule is Cc1noc2nc(-c3ccco3)cc(C(=O)N3CCN(CC(C)C)CC3)c12. The van der Waals surface area contributed by atoms with Crippen molar-refractivity contribution in [3.05, 3.63) is 35.7 Å². The normalized spacial score (nSPS) is 15.8. The Morgan fingerprint density at radius 1 is 1.26 bits per heavy atom. The summed E-state index contributed by atoms with van der Waals surface area (Å²) in [6.45, 7) is 10.6. The van der Waals surface area contributed by atoms with Crippen LogP contribution in [0, 0.1) is 12.8 Å². The predicted molar refractivity (Wildman–Crippen MR) is 101 cm³/mol. The molecular weight excluding hydrogens is 344 g/mol. The summed E-state index contributed by atoms with van der Waals surface area (Å²) in [5.74, 6) is 1.22. The Balaban J connectivity index is 1.64. The summed E-state index contributed by atoms with van der Waals surface area (Å²) < 4.78 is 10.8. The quantitative estimate of drug-likeness (QED) is 0.704. The number of carbonyl (C=O) groups is 1. The second-order valence-electron chi connectivity index (χ2n) is 7.47. The molecule has 0 spiro atoms. The predicted octanol–water partition coefficient (Wildman–Crippen LogP) is 3.21. The second kappa shape index (κ2) is 7.15. The average molecular weight is 368 g/mol.